The van der Waals surface area contributed by atoms with Gasteiger partial charge in [-0.25, -0.2) is 0 Å². The molecule has 3 rings (SSSR count). The van der Waals surface area contributed by atoms with Gasteiger partial charge in [0.1, 0.15) is 11.5 Å². The van der Waals surface area contributed by atoms with Crippen LogP contribution in [-0.4, -0.2) is 18.8 Å². The summed E-state index contributed by atoms with van der Waals surface area (Å²) in [4.78, 5) is 0. The molecule has 0 unspecified atom stereocenters. The molecule has 4 heteroatoms. The molecule has 0 fully saturated rings. The molecule has 0 amide bonds. The molecule has 0 saturated carbocycles. The van der Waals surface area contributed by atoms with Crippen LogP contribution in [0.4, 0.5) is 0 Å². The van der Waals surface area contributed by atoms with E-state index in [1.807, 2.05) is 13.8 Å². The molecule has 0 atom stereocenters. The lowest BCUT2D eigenvalue weighted by Gasteiger charge is -2.31. The summed E-state index contributed by atoms with van der Waals surface area (Å²) in [5, 5.41) is 0.757. The third-order valence-corrected chi connectivity index (χ3v) is 4.32. The molecule has 0 aromatic heterocycles. The van der Waals surface area contributed by atoms with Crippen molar-refractivity contribution < 1.29 is 9.47 Å². The van der Waals surface area contributed by atoms with E-state index in [1.54, 1.807) is 0 Å². The van der Waals surface area contributed by atoms with Crippen LogP contribution in [-0.2, 0) is 19.3 Å². The van der Waals surface area contributed by atoms with Crippen molar-refractivity contribution in [2.24, 2.45) is 5.73 Å². The molecule has 3 nitrogen and oxygen atoms in total. The second-order valence-electron chi connectivity index (χ2n) is 6.48. The van der Waals surface area contributed by atoms with E-state index in [-0.39, 0.29) is 5.54 Å². The van der Waals surface area contributed by atoms with E-state index in [9.17, 15) is 0 Å². The minimum atomic E-state index is -0.270. The first-order valence-electron chi connectivity index (χ1n) is 7.38. The molecule has 20 heavy (non-hydrogen) atoms. The summed E-state index contributed by atoms with van der Waals surface area (Å²) in [5.41, 5.74) is 9.50. The lowest BCUT2D eigenvalue weighted by molar-refractivity contribution is 0.267. The minimum absolute atomic E-state index is 0.270. The van der Waals surface area contributed by atoms with E-state index in [4.69, 9.17) is 26.8 Å². The third-order valence-electron chi connectivity index (χ3n) is 3.92. The Balaban J connectivity index is 2.19. The number of rotatable bonds is 2. The highest BCUT2D eigenvalue weighted by Gasteiger charge is 2.30. The summed E-state index contributed by atoms with van der Waals surface area (Å²) in [6.07, 6.45) is 4.79. The van der Waals surface area contributed by atoms with E-state index < -0.39 is 0 Å². The van der Waals surface area contributed by atoms with E-state index in [0.29, 0.717) is 0 Å². The van der Waals surface area contributed by atoms with Crippen LogP contribution < -0.4 is 15.2 Å². The number of halogens is 1. The number of hydrogen-bond acceptors (Lipinski definition) is 3. The molecule has 2 aliphatic rings. The van der Waals surface area contributed by atoms with Crippen molar-refractivity contribution in [1.82, 2.24) is 0 Å². The summed E-state index contributed by atoms with van der Waals surface area (Å²) in [7, 11) is 0. The average Bonchev–Trinajstić information content (AvgIpc) is 2.42. The molecule has 2 heterocycles. The largest absolute Gasteiger partial charge is 0.493 e. The first-order chi connectivity index (χ1) is 9.47. The maximum Gasteiger partial charge on any atom is 0.141 e. The molecule has 0 spiro atoms. The predicted molar refractivity (Wildman–Crippen MR) is 81.1 cm³/mol. The number of benzene rings is 1. The van der Waals surface area contributed by atoms with Crippen LogP contribution in [0.15, 0.2) is 0 Å². The predicted octanol–water partition coefficient (Wildman–Crippen LogP) is 3.27. The van der Waals surface area contributed by atoms with Gasteiger partial charge in [0.05, 0.1) is 18.2 Å². The Morgan fingerprint density at radius 1 is 1.05 bits per heavy atom. The van der Waals surface area contributed by atoms with Gasteiger partial charge in [0.25, 0.3) is 0 Å². The molecule has 0 aliphatic carbocycles. The van der Waals surface area contributed by atoms with Gasteiger partial charge in [0.2, 0.25) is 0 Å². The number of nitrogens with two attached hydrogens (primary N) is 1. The second-order valence-corrected chi connectivity index (χ2v) is 6.86. The van der Waals surface area contributed by atoms with Gasteiger partial charge in [-0.05, 0) is 46.0 Å². The van der Waals surface area contributed by atoms with Crippen molar-refractivity contribution >= 4 is 11.6 Å². The zero-order valence-corrected chi connectivity index (χ0v) is 13.0. The Hall–Kier alpha value is -0.930. The van der Waals surface area contributed by atoms with Gasteiger partial charge < -0.3 is 15.2 Å². The summed E-state index contributed by atoms with van der Waals surface area (Å²) >= 11 is 6.55. The van der Waals surface area contributed by atoms with Crippen LogP contribution in [0.25, 0.3) is 0 Å². The highest BCUT2D eigenvalue weighted by molar-refractivity contribution is 6.33. The number of hydrogen-bond donors (Lipinski definition) is 1. The Labute approximate surface area is 125 Å². The van der Waals surface area contributed by atoms with E-state index >= 15 is 0 Å². The van der Waals surface area contributed by atoms with E-state index in [0.717, 1.165) is 67.4 Å². The fourth-order valence-corrected chi connectivity index (χ4v) is 3.48. The van der Waals surface area contributed by atoms with Crippen LogP contribution in [0, 0.1) is 0 Å². The van der Waals surface area contributed by atoms with Gasteiger partial charge in [-0.1, -0.05) is 11.6 Å². The first-order valence-corrected chi connectivity index (χ1v) is 7.76. The molecular weight excluding hydrogens is 274 g/mol. The Morgan fingerprint density at radius 3 is 2.30 bits per heavy atom. The van der Waals surface area contributed by atoms with Crippen molar-refractivity contribution in [3.63, 3.8) is 0 Å². The maximum absolute atomic E-state index is 6.55. The highest BCUT2D eigenvalue weighted by atomic mass is 35.5. The number of ether oxygens (including phenoxy) is 2. The molecular formula is C16H22ClNO2. The smallest absolute Gasteiger partial charge is 0.141 e. The average molecular weight is 296 g/mol. The van der Waals surface area contributed by atoms with Gasteiger partial charge in [0, 0.05) is 22.2 Å². The summed E-state index contributed by atoms with van der Waals surface area (Å²) < 4.78 is 11.8. The van der Waals surface area contributed by atoms with Crippen LogP contribution in [0.1, 0.15) is 43.4 Å². The van der Waals surface area contributed by atoms with Crippen LogP contribution in [0.3, 0.4) is 0 Å². The van der Waals surface area contributed by atoms with Gasteiger partial charge >= 0.3 is 0 Å². The monoisotopic (exact) mass is 295 g/mol. The maximum atomic E-state index is 6.55. The Kier molecular flexibility index (Phi) is 3.59. The van der Waals surface area contributed by atoms with Crippen LogP contribution in [0.2, 0.25) is 5.02 Å². The highest BCUT2D eigenvalue weighted by Crippen LogP contribution is 2.46. The molecule has 2 aliphatic heterocycles. The molecule has 110 valence electrons. The van der Waals surface area contributed by atoms with E-state index in [1.165, 1.54) is 11.1 Å². The Bertz CT molecular complexity index is 497. The first kappa shape index (κ1) is 14.0. The lowest BCUT2D eigenvalue weighted by Crippen LogP contribution is -2.35. The lowest BCUT2D eigenvalue weighted by atomic mass is 9.86. The molecule has 1 aromatic carbocycles. The zero-order valence-electron chi connectivity index (χ0n) is 12.2. The van der Waals surface area contributed by atoms with Gasteiger partial charge in [-0.3, -0.25) is 0 Å². The molecule has 0 radical (unpaired) electrons. The van der Waals surface area contributed by atoms with Crippen LogP contribution >= 0.6 is 11.6 Å². The van der Waals surface area contributed by atoms with Crippen molar-refractivity contribution in [3.8, 4) is 11.5 Å². The quantitative estimate of drug-likeness (QED) is 0.911. The molecule has 0 saturated heterocycles. The SMILES string of the molecule is CC(C)(N)Cc1c2c(c(Cl)c3c1OCCC3)OCCC2. The summed E-state index contributed by atoms with van der Waals surface area (Å²) in [6.45, 7) is 5.61. The van der Waals surface area contributed by atoms with Gasteiger partial charge in [-0.15, -0.1) is 0 Å². The van der Waals surface area contributed by atoms with Crippen molar-refractivity contribution in [1.29, 1.82) is 0 Å². The van der Waals surface area contributed by atoms with E-state index in [2.05, 4.69) is 0 Å². The molecule has 0 bridgehead atoms. The summed E-state index contributed by atoms with van der Waals surface area (Å²) in [5.74, 6) is 1.85. The summed E-state index contributed by atoms with van der Waals surface area (Å²) in [6, 6.07) is 0. The van der Waals surface area contributed by atoms with Crippen molar-refractivity contribution in [2.45, 2.75) is 51.5 Å². The fraction of sp³-hybridized carbons (Fsp3) is 0.625. The van der Waals surface area contributed by atoms with Crippen molar-refractivity contribution in [2.75, 3.05) is 13.2 Å². The van der Waals surface area contributed by atoms with Gasteiger partial charge in [0.15, 0.2) is 0 Å². The Morgan fingerprint density at radius 2 is 1.65 bits per heavy atom. The van der Waals surface area contributed by atoms with Gasteiger partial charge in [-0.2, -0.15) is 0 Å². The normalized spacial score (nSPS) is 17.8. The minimum Gasteiger partial charge on any atom is -0.493 e. The molecule has 1 aromatic rings. The topological polar surface area (TPSA) is 44.5 Å². The number of fused-ring (bicyclic) bond motifs is 2. The fourth-order valence-electron chi connectivity index (χ4n) is 3.13. The van der Waals surface area contributed by atoms with Crippen LogP contribution in [0.5, 0.6) is 11.5 Å². The zero-order chi connectivity index (χ0) is 14.3. The third kappa shape index (κ3) is 2.49. The standard InChI is InChI=1S/C16H22ClNO2/c1-16(2,18)9-12-10-5-3-8-20-15(10)13(17)11-6-4-7-19-14(11)12/h3-9,18H2,1-2H3. The second kappa shape index (κ2) is 5.12. The van der Waals surface area contributed by atoms with Crippen molar-refractivity contribution in [3.05, 3.63) is 21.7 Å². The molecule has 2 N–H and O–H groups in total.